The Hall–Kier alpha value is -3.57. The molecule has 9 nitrogen and oxygen atoms in total. The minimum atomic E-state index is -4.61. The van der Waals surface area contributed by atoms with E-state index in [0.717, 1.165) is 43.4 Å². The molecule has 0 bridgehead atoms. The van der Waals surface area contributed by atoms with E-state index < -0.39 is 53.3 Å². The van der Waals surface area contributed by atoms with Crippen molar-refractivity contribution in [2.45, 2.75) is 123 Å². The summed E-state index contributed by atoms with van der Waals surface area (Å²) in [5.74, 6) is -0.570. The number of hydrogen-bond acceptors (Lipinski definition) is 6. The molecular weight excluding hydrogens is 613 g/mol. The van der Waals surface area contributed by atoms with Gasteiger partial charge < -0.3 is 25.8 Å². The lowest BCUT2D eigenvalue weighted by molar-refractivity contribution is -0.141. The summed E-state index contributed by atoms with van der Waals surface area (Å²) in [6, 6.07) is 0.843. The zero-order valence-corrected chi connectivity index (χ0v) is 28.3. The maximum absolute atomic E-state index is 13.9. The molecule has 47 heavy (non-hydrogen) atoms. The van der Waals surface area contributed by atoms with Crippen molar-refractivity contribution in [1.82, 2.24) is 10.2 Å². The minimum Gasteiger partial charge on any atom is -0.472 e. The summed E-state index contributed by atoms with van der Waals surface area (Å²) in [6.07, 6.45) is 3.27. The van der Waals surface area contributed by atoms with Crippen LogP contribution >= 0.6 is 0 Å². The zero-order valence-electron chi connectivity index (χ0n) is 28.3. The van der Waals surface area contributed by atoms with E-state index in [2.05, 4.69) is 16.9 Å². The number of likely N-dealkylation sites (tertiary alicyclic amines) is 1. The molecule has 1 heterocycles. The average Bonchev–Trinajstić information content (AvgIpc) is 3.62. The molecule has 2 aliphatic rings. The number of benzene rings is 1. The minimum absolute atomic E-state index is 0.00269. The van der Waals surface area contributed by atoms with E-state index in [-0.39, 0.29) is 29.6 Å². The first-order valence-corrected chi connectivity index (χ1v) is 16.6. The molecule has 4 N–H and O–H groups in total. The molecule has 2 amide bonds. The van der Waals surface area contributed by atoms with E-state index in [9.17, 15) is 32.7 Å². The predicted molar refractivity (Wildman–Crippen MR) is 176 cm³/mol. The number of nitrogen functional groups attached to an aromatic ring is 1. The van der Waals surface area contributed by atoms with Crippen molar-refractivity contribution < 1.29 is 37.4 Å². The number of carbonyl (C=O) groups excluding carboxylic acids is 2. The number of aliphatic imine (C=N–C) groups is 1. The molecule has 0 spiro atoms. The summed E-state index contributed by atoms with van der Waals surface area (Å²) in [4.78, 5) is 44.3. The lowest BCUT2D eigenvalue weighted by atomic mass is 9.85. The van der Waals surface area contributed by atoms with Crippen molar-refractivity contribution in [2.75, 3.05) is 12.3 Å². The molecule has 3 rings (SSSR count). The van der Waals surface area contributed by atoms with Gasteiger partial charge in [0.15, 0.2) is 5.78 Å². The molecule has 1 saturated carbocycles. The van der Waals surface area contributed by atoms with Crippen molar-refractivity contribution in [3.8, 4) is 0 Å². The average molecular weight is 665 g/mol. The van der Waals surface area contributed by atoms with Gasteiger partial charge in [-0.05, 0) is 55.7 Å². The van der Waals surface area contributed by atoms with Gasteiger partial charge in [-0.25, -0.2) is 9.79 Å². The number of halogens is 3. The van der Waals surface area contributed by atoms with Gasteiger partial charge in [-0.1, -0.05) is 79.2 Å². The number of anilines is 1. The lowest BCUT2D eigenvalue weighted by Crippen LogP contribution is -2.56. The highest BCUT2D eigenvalue weighted by Gasteiger charge is 2.50. The Morgan fingerprint density at radius 3 is 2.36 bits per heavy atom. The second-order valence-electron chi connectivity index (χ2n) is 14.1. The second-order valence-corrected chi connectivity index (χ2v) is 14.1. The van der Waals surface area contributed by atoms with Gasteiger partial charge in [0.05, 0.1) is 29.5 Å². The smallest absolute Gasteiger partial charge is 0.416 e. The van der Waals surface area contributed by atoms with Crippen LogP contribution in [0.2, 0.25) is 0 Å². The van der Waals surface area contributed by atoms with Crippen LogP contribution in [-0.4, -0.2) is 58.4 Å². The topological polar surface area (TPSA) is 134 Å². The normalized spacial score (nSPS) is 21.5. The number of nitrogens with zero attached hydrogens (tertiary/aromatic N) is 2. The van der Waals surface area contributed by atoms with Crippen molar-refractivity contribution in [1.29, 1.82) is 0 Å². The van der Waals surface area contributed by atoms with E-state index in [1.54, 1.807) is 20.8 Å². The quantitative estimate of drug-likeness (QED) is 0.0849. The van der Waals surface area contributed by atoms with E-state index in [1.807, 2.05) is 6.92 Å². The molecule has 2 fully saturated rings. The third-order valence-electron chi connectivity index (χ3n) is 9.36. The van der Waals surface area contributed by atoms with E-state index in [4.69, 9.17) is 10.5 Å². The van der Waals surface area contributed by atoms with Crippen LogP contribution in [0.1, 0.15) is 104 Å². The van der Waals surface area contributed by atoms with Crippen LogP contribution in [0.4, 0.5) is 29.3 Å². The van der Waals surface area contributed by atoms with Gasteiger partial charge in [0.25, 0.3) is 0 Å². The van der Waals surface area contributed by atoms with Crippen LogP contribution in [0.15, 0.2) is 35.3 Å². The van der Waals surface area contributed by atoms with E-state index >= 15 is 0 Å². The molecule has 1 saturated heterocycles. The number of nitrogens with two attached hydrogens (primary N) is 1. The first-order chi connectivity index (χ1) is 21.9. The van der Waals surface area contributed by atoms with Crippen molar-refractivity contribution in [3.63, 3.8) is 0 Å². The predicted octanol–water partition coefficient (Wildman–Crippen LogP) is 7.91. The summed E-state index contributed by atoms with van der Waals surface area (Å²) < 4.78 is 47.2. The second kappa shape index (κ2) is 16.0. The Morgan fingerprint density at radius 2 is 1.81 bits per heavy atom. The SMILES string of the molecule is C=C(CCCCCC1CCCC1)/C(=N\c1cc(C(F)(F)F)ccc1N)O[C@H]1CN(C(=O)[C@@H](NC(=O)O)C(C)(C)C)[C@H](C(C)=O)[C@@H]1CC. The Morgan fingerprint density at radius 1 is 1.15 bits per heavy atom. The number of hydrogen-bond donors (Lipinski definition) is 3. The highest BCUT2D eigenvalue weighted by Crippen LogP contribution is 2.37. The third kappa shape index (κ3) is 10.2. The summed E-state index contributed by atoms with van der Waals surface area (Å²) in [5, 5.41) is 11.8. The van der Waals surface area contributed by atoms with E-state index in [0.29, 0.717) is 18.4 Å². The van der Waals surface area contributed by atoms with Gasteiger partial charge in [-0.3, -0.25) is 9.59 Å². The molecule has 1 aromatic carbocycles. The molecule has 1 aliphatic heterocycles. The first kappa shape index (κ1) is 37.9. The molecule has 1 aliphatic carbocycles. The number of ketones is 1. The summed E-state index contributed by atoms with van der Waals surface area (Å²) in [7, 11) is 0. The van der Waals surface area contributed by atoms with Gasteiger partial charge in [0.1, 0.15) is 12.1 Å². The summed E-state index contributed by atoms with van der Waals surface area (Å²) in [5.41, 5.74) is 4.71. The van der Waals surface area contributed by atoms with Crippen LogP contribution < -0.4 is 11.1 Å². The van der Waals surface area contributed by atoms with Crippen LogP contribution in [-0.2, 0) is 20.5 Å². The van der Waals surface area contributed by atoms with Gasteiger partial charge in [-0.2, -0.15) is 13.2 Å². The largest absolute Gasteiger partial charge is 0.472 e. The summed E-state index contributed by atoms with van der Waals surface area (Å²) in [6.45, 7) is 12.5. The Balaban J connectivity index is 1.93. The van der Waals surface area contributed by atoms with Gasteiger partial charge in [0.2, 0.25) is 11.8 Å². The number of unbranched alkanes of at least 4 members (excludes halogenated alkanes) is 2. The Kier molecular flexibility index (Phi) is 12.9. The number of Topliss-reactive ketones (excluding diaryl/α,β-unsaturated/α-hetero) is 1. The molecule has 0 radical (unpaired) electrons. The highest BCUT2D eigenvalue weighted by molar-refractivity contribution is 5.96. The monoisotopic (exact) mass is 664 g/mol. The molecule has 262 valence electrons. The number of alkyl halides is 3. The molecular formula is C35H51F3N4O5. The number of carboxylic acid groups (broad SMARTS) is 1. The Bertz CT molecular complexity index is 1320. The number of rotatable bonds is 13. The van der Waals surface area contributed by atoms with Gasteiger partial charge in [-0.15, -0.1) is 0 Å². The van der Waals surface area contributed by atoms with Crippen molar-refractivity contribution >= 4 is 35.1 Å². The zero-order chi connectivity index (χ0) is 35.1. The van der Waals surface area contributed by atoms with Crippen molar-refractivity contribution in [3.05, 3.63) is 35.9 Å². The fourth-order valence-corrected chi connectivity index (χ4v) is 6.79. The fourth-order valence-electron chi connectivity index (χ4n) is 6.79. The first-order valence-electron chi connectivity index (χ1n) is 16.6. The highest BCUT2D eigenvalue weighted by atomic mass is 19.4. The van der Waals surface area contributed by atoms with E-state index in [1.165, 1.54) is 43.9 Å². The summed E-state index contributed by atoms with van der Waals surface area (Å²) >= 11 is 0. The van der Waals surface area contributed by atoms with Crippen LogP contribution in [0.3, 0.4) is 0 Å². The maximum Gasteiger partial charge on any atom is 0.416 e. The van der Waals surface area contributed by atoms with Crippen molar-refractivity contribution in [2.24, 2.45) is 22.2 Å². The standard InChI is InChI=1S/C35H51F3N4O5/c1-7-25-28(20-42(29(25)22(3)43)32(44)30(34(4,5)6)41-33(45)46)47-31(21(2)13-9-8-10-14-23-15-11-12-16-23)40-27-19-24(35(36,37)38)17-18-26(27)39/h17-19,23,25,28-30,41H,2,7-16,20,39H2,1,3-6H3,(H,45,46)/b40-31+/t25-,28+,29-,30-/m1/s1. The molecule has 0 aromatic heterocycles. The number of ether oxygens (including phenoxy) is 1. The Labute approximate surface area is 276 Å². The van der Waals surface area contributed by atoms with Crippen LogP contribution in [0, 0.1) is 17.3 Å². The van der Waals surface area contributed by atoms with Gasteiger partial charge >= 0.3 is 12.3 Å². The molecule has 1 aromatic rings. The van der Waals surface area contributed by atoms with Crippen LogP contribution in [0.25, 0.3) is 0 Å². The fraction of sp³-hybridized carbons (Fsp3) is 0.657. The number of nitrogens with one attached hydrogen (secondary N) is 1. The maximum atomic E-state index is 13.9. The number of carbonyl (C=O) groups is 3. The molecule has 0 unspecified atom stereocenters. The van der Waals surface area contributed by atoms with Gasteiger partial charge in [0, 0.05) is 11.5 Å². The van der Waals surface area contributed by atoms with Crippen LogP contribution in [0.5, 0.6) is 0 Å². The third-order valence-corrected chi connectivity index (χ3v) is 9.36. The lowest BCUT2D eigenvalue weighted by Gasteiger charge is -2.35. The molecule has 12 heteroatoms. The molecule has 4 atom stereocenters. The number of amides is 2.